The molecule has 0 aromatic heterocycles. The second kappa shape index (κ2) is 10.7. The summed E-state index contributed by atoms with van der Waals surface area (Å²) in [6, 6.07) is 14.7. The summed E-state index contributed by atoms with van der Waals surface area (Å²) in [5, 5.41) is 12.6. The number of phenols is 1. The zero-order valence-corrected chi connectivity index (χ0v) is 19.2. The Morgan fingerprint density at radius 1 is 0.941 bits per heavy atom. The zero-order valence-electron chi connectivity index (χ0n) is 19.2. The average molecular weight is 465 g/mol. The van der Waals surface area contributed by atoms with E-state index in [0.29, 0.717) is 37.3 Å². The van der Waals surface area contributed by atoms with Gasteiger partial charge in [0.05, 0.1) is 5.92 Å². The van der Waals surface area contributed by atoms with E-state index in [4.69, 9.17) is 5.73 Å². The van der Waals surface area contributed by atoms with Gasteiger partial charge in [-0.05, 0) is 36.6 Å². The molecule has 0 bridgehead atoms. The highest BCUT2D eigenvalue weighted by atomic mass is 16.3. The van der Waals surface area contributed by atoms with Gasteiger partial charge in [0, 0.05) is 37.8 Å². The molecule has 0 unspecified atom stereocenters. The Kier molecular flexibility index (Phi) is 7.47. The fourth-order valence-electron chi connectivity index (χ4n) is 5.15. The van der Waals surface area contributed by atoms with Crippen LogP contribution in [-0.2, 0) is 9.59 Å². The van der Waals surface area contributed by atoms with Crippen LogP contribution in [-0.4, -0.2) is 64.8 Å². The van der Waals surface area contributed by atoms with Crippen molar-refractivity contribution < 1.29 is 19.5 Å². The summed E-state index contributed by atoms with van der Waals surface area (Å²) < 4.78 is 0. The Hall–Kier alpha value is -3.39. The van der Waals surface area contributed by atoms with E-state index in [-0.39, 0.29) is 29.5 Å². The molecule has 34 heavy (non-hydrogen) atoms. The fraction of sp³-hybridized carbons (Fsp3) is 0.423. The van der Waals surface area contributed by atoms with Gasteiger partial charge in [-0.15, -0.1) is 0 Å². The molecule has 4 N–H and O–H groups in total. The Morgan fingerprint density at radius 3 is 2.32 bits per heavy atom. The van der Waals surface area contributed by atoms with Crippen molar-refractivity contribution in [3.8, 4) is 5.75 Å². The predicted octanol–water partition coefficient (Wildman–Crippen LogP) is 2.05. The first-order valence-electron chi connectivity index (χ1n) is 11.9. The van der Waals surface area contributed by atoms with Crippen molar-refractivity contribution in [3.63, 3.8) is 0 Å². The maximum absolute atomic E-state index is 13.3. The minimum Gasteiger partial charge on any atom is -0.508 e. The molecule has 3 atom stereocenters. The topological polar surface area (TPSA) is 116 Å². The third kappa shape index (κ3) is 5.39. The van der Waals surface area contributed by atoms with Crippen LogP contribution in [0.4, 0.5) is 0 Å². The van der Waals surface area contributed by atoms with Crippen LogP contribution in [0.3, 0.4) is 0 Å². The molecule has 2 aliphatic rings. The van der Waals surface area contributed by atoms with Crippen LogP contribution in [0.5, 0.6) is 5.75 Å². The number of carbonyl (C=O) groups excluding carboxylic acids is 3. The number of carbonyl (C=O) groups is 3. The average Bonchev–Trinajstić information content (AvgIpc) is 2.87. The summed E-state index contributed by atoms with van der Waals surface area (Å²) in [7, 11) is 0. The SMILES string of the molecule is NC(=O)[C@@H](NC(=O)[C@@H]1CCCC[C@H]1N1CCN(C(=O)c2cccc(O)c2)CC1)c1ccccc1. The lowest BCUT2D eigenvalue weighted by atomic mass is 9.82. The molecule has 180 valence electrons. The molecule has 0 radical (unpaired) electrons. The molecule has 2 aromatic carbocycles. The number of nitrogens with two attached hydrogens (primary N) is 1. The Labute approximate surface area is 199 Å². The van der Waals surface area contributed by atoms with Crippen molar-refractivity contribution in [3.05, 3.63) is 65.7 Å². The van der Waals surface area contributed by atoms with Crippen molar-refractivity contribution in [2.24, 2.45) is 11.7 Å². The molecule has 1 aliphatic carbocycles. The van der Waals surface area contributed by atoms with E-state index in [2.05, 4.69) is 10.2 Å². The molecule has 4 rings (SSSR count). The van der Waals surface area contributed by atoms with Gasteiger partial charge in [0.25, 0.3) is 5.91 Å². The number of piperazine rings is 1. The number of primary amides is 1. The zero-order chi connectivity index (χ0) is 24.1. The van der Waals surface area contributed by atoms with Gasteiger partial charge in [-0.1, -0.05) is 49.2 Å². The predicted molar refractivity (Wildman–Crippen MR) is 128 cm³/mol. The monoisotopic (exact) mass is 464 g/mol. The number of rotatable bonds is 6. The minimum absolute atomic E-state index is 0.0658. The van der Waals surface area contributed by atoms with Crippen molar-refractivity contribution in [1.82, 2.24) is 15.1 Å². The maximum atomic E-state index is 13.3. The number of nitrogens with zero attached hydrogens (tertiary/aromatic N) is 2. The summed E-state index contributed by atoms with van der Waals surface area (Å²) in [6.07, 6.45) is 3.69. The lowest BCUT2D eigenvalue weighted by Crippen LogP contribution is -2.56. The third-order valence-electron chi connectivity index (χ3n) is 6.93. The van der Waals surface area contributed by atoms with Crippen LogP contribution in [0.25, 0.3) is 0 Å². The molecular weight excluding hydrogens is 432 g/mol. The first-order valence-corrected chi connectivity index (χ1v) is 11.9. The van der Waals surface area contributed by atoms with Gasteiger partial charge in [0.2, 0.25) is 11.8 Å². The van der Waals surface area contributed by atoms with E-state index in [9.17, 15) is 19.5 Å². The Bertz CT molecular complexity index is 1020. The number of aromatic hydroxyl groups is 1. The molecular formula is C26H32N4O4. The van der Waals surface area contributed by atoms with E-state index in [1.54, 1.807) is 35.2 Å². The second-order valence-corrected chi connectivity index (χ2v) is 9.09. The lowest BCUT2D eigenvalue weighted by molar-refractivity contribution is -0.133. The first-order chi connectivity index (χ1) is 16.4. The number of benzene rings is 2. The minimum atomic E-state index is -0.854. The molecule has 2 fully saturated rings. The van der Waals surface area contributed by atoms with E-state index < -0.39 is 11.9 Å². The van der Waals surface area contributed by atoms with Crippen molar-refractivity contribution in [2.45, 2.75) is 37.8 Å². The van der Waals surface area contributed by atoms with Gasteiger partial charge in [0.15, 0.2) is 0 Å². The molecule has 1 saturated carbocycles. The number of amides is 3. The maximum Gasteiger partial charge on any atom is 0.254 e. The van der Waals surface area contributed by atoms with Crippen LogP contribution in [0.1, 0.15) is 47.6 Å². The third-order valence-corrected chi connectivity index (χ3v) is 6.93. The largest absolute Gasteiger partial charge is 0.508 e. The normalized spacial score (nSPS) is 22.1. The molecule has 3 amide bonds. The van der Waals surface area contributed by atoms with Gasteiger partial charge in [-0.3, -0.25) is 19.3 Å². The standard InChI is InChI=1S/C26H32N4O4/c27-24(32)23(18-7-2-1-3-8-18)28-25(33)21-11-4-5-12-22(21)29-13-15-30(16-14-29)26(34)19-9-6-10-20(31)17-19/h1-3,6-10,17,21-23,31H,4-5,11-16H2,(H2,27,32)(H,28,33)/t21-,22-,23+/m1/s1. The summed E-state index contributed by atoms with van der Waals surface area (Å²) in [4.78, 5) is 42.3. The molecule has 8 nitrogen and oxygen atoms in total. The highest BCUT2D eigenvalue weighted by Gasteiger charge is 2.38. The van der Waals surface area contributed by atoms with Crippen LogP contribution in [0.15, 0.2) is 54.6 Å². The number of hydrogen-bond acceptors (Lipinski definition) is 5. The van der Waals surface area contributed by atoms with Crippen molar-refractivity contribution in [2.75, 3.05) is 26.2 Å². The quantitative estimate of drug-likeness (QED) is 0.605. The van der Waals surface area contributed by atoms with E-state index in [0.717, 1.165) is 25.7 Å². The summed E-state index contributed by atoms with van der Waals surface area (Å²) in [5.74, 6) is -0.972. The molecule has 8 heteroatoms. The Balaban J connectivity index is 1.40. The molecule has 2 aromatic rings. The highest BCUT2D eigenvalue weighted by molar-refractivity contribution is 5.94. The van der Waals surface area contributed by atoms with E-state index in [1.165, 1.54) is 6.07 Å². The van der Waals surface area contributed by atoms with Gasteiger partial charge >= 0.3 is 0 Å². The van der Waals surface area contributed by atoms with Crippen LogP contribution in [0.2, 0.25) is 0 Å². The number of phenolic OH excluding ortho intramolecular Hbond substituents is 1. The fourth-order valence-corrected chi connectivity index (χ4v) is 5.15. The van der Waals surface area contributed by atoms with Crippen LogP contribution < -0.4 is 11.1 Å². The highest BCUT2D eigenvalue weighted by Crippen LogP contribution is 2.30. The van der Waals surface area contributed by atoms with Crippen molar-refractivity contribution in [1.29, 1.82) is 0 Å². The molecule has 1 saturated heterocycles. The summed E-state index contributed by atoms with van der Waals surface area (Å²) >= 11 is 0. The first kappa shape index (κ1) is 23.8. The second-order valence-electron chi connectivity index (χ2n) is 9.09. The lowest BCUT2D eigenvalue weighted by Gasteiger charge is -2.44. The van der Waals surface area contributed by atoms with Gasteiger partial charge in [0.1, 0.15) is 11.8 Å². The van der Waals surface area contributed by atoms with E-state index >= 15 is 0 Å². The van der Waals surface area contributed by atoms with Gasteiger partial charge in [-0.2, -0.15) is 0 Å². The van der Waals surface area contributed by atoms with Gasteiger partial charge in [-0.25, -0.2) is 0 Å². The van der Waals surface area contributed by atoms with Crippen LogP contribution in [0, 0.1) is 5.92 Å². The Morgan fingerprint density at radius 2 is 1.65 bits per heavy atom. The number of nitrogens with one attached hydrogen (secondary N) is 1. The smallest absolute Gasteiger partial charge is 0.254 e. The molecule has 1 heterocycles. The van der Waals surface area contributed by atoms with Gasteiger partial charge < -0.3 is 21.1 Å². The summed E-state index contributed by atoms with van der Waals surface area (Å²) in [6.45, 7) is 2.48. The van der Waals surface area contributed by atoms with Crippen LogP contribution >= 0.6 is 0 Å². The molecule has 1 aliphatic heterocycles. The summed E-state index contributed by atoms with van der Waals surface area (Å²) in [5.41, 5.74) is 6.76. The molecule has 0 spiro atoms. The van der Waals surface area contributed by atoms with E-state index in [1.807, 2.05) is 18.2 Å². The number of hydrogen-bond donors (Lipinski definition) is 3. The van der Waals surface area contributed by atoms with Crippen molar-refractivity contribution >= 4 is 17.7 Å².